The minimum Gasteiger partial charge on any atom is -0.461 e. The van der Waals surface area contributed by atoms with Gasteiger partial charge >= 0.3 is 5.97 Å². The first-order valence-corrected chi connectivity index (χ1v) is 9.47. The van der Waals surface area contributed by atoms with Crippen molar-refractivity contribution < 1.29 is 23.8 Å². The Hall–Kier alpha value is -1.72. The fourth-order valence-corrected chi connectivity index (χ4v) is 3.34. The Bertz CT molecular complexity index is 594. The van der Waals surface area contributed by atoms with Gasteiger partial charge in [-0.1, -0.05) is 26.0 Å². The summed E-state index contributed by atoms with van der Waals surface area (Å²) in [5.41, 5.74) is 1.12. The molecule has 0 radical (unpaired) electrons. The van der Waals surface area contributed by atoms with E-state index in [1.807, 2.05) is 0 Å². The Kier molecular flexibility index (Phi) is 5.78. The molecule has 0 amide bonds. The van der Waals surface area contributed by atoms with Crippen molar-refractivity contribution in [2.75, 3.05) is 33.0 Å². The highest BCUT2D eigenvalue weighted by Crippen LogP contribution is 2.36. The summed E-state index contributed by atoms with van der Waals surface area (Å²) in [6, 6.07) is 6.86. The van der Waals surface area contributed by atoms with Crippen LogP contribution in [0.1, 0.15) is 60.2 Å². The number of rotatable bonds is 9. The zero-order valence-electron chi connectivity index (χ0n) is 15.7. The van der Waals surface area contributed by atoms with Crippen LogP contribution in [-0.4, -0.2) is 44.8 Å². The Morgan fingerprint density at radius 1 is 1.00 bits per heavy atom. The van der Waals surface area contributed by atoms with E-state index in [0.717, 1.165) is 32.5 Å². The van der Waals surface area contributed by atoms with Crippen LogP contribution in [0, 0.1) is 10.8 Å². The predicted molar refractivity (Wildman–Crippen MR) is 97.4 cm³/mol. The van der Waals surface area contributed by atoms with Gasteiger partial charge in [0.05, 0.1) is 37.4 Å². The lowest BCUT2D eigenvalue weighted by Gasteiger charge is -2.40. The van der Waals surface area contributed by atoms with Crippen LogP contribution in [0.5, 0.6) is 0 Å². The molecule has 5 heteroatoms. The first-order chi connectivity index (χ1) is 12.5. The van der Waals surface area contributed by atoms with Gasteiger partial charge in [-0.2, -0.15) is 0 Å². The average Bonchev–Trinajstić information content (AvgIpc) is 2.60. The number of carbonyl (C=O) groups is 2. The van der Waals surface area contributed by atoms with E-state index in [2.05, 4.69) is 13.8 Å². The molecule has 2 aliphatic rings. The molecule has 0 aliphatic carbocycles. The summed E-state index contributed by atoms with van der Waals surface area (Å²) in [5, 5.41) is 0. The van der Waals surface area contributed by atoms with Crippen LogP contribution in [0.2, 0.25) is 0 Å². The maximum atomic E-state index is 12.5. The largest absolute Gasteiger partial charge is 0.461 e. The van der Waals surface area contributed by atoms with Gasteiger partial charge in [0.2, 0.25) is 0 Å². The van der Waals surface area contributed by atoms with E-state index in [-0.39, 0.29) is 22.6 Å². The number of benzene rings is 1. The highest BCUT2D eigenvalue weighted by molar-refractivity contribution is 5.99. The Morgan fingerprint density at radius 2 is 1.62 bits per heavy atom. The molecule has 142 valence electrons. The molecular weight excluding hydrogens is 332 g/mol. The molecule has 1 aromatic rings. The van der Waals surface area contributed by atoms with Gasteiger partial charge in [0.1, 0.15) is 6.61 Å². The summed E-state index contributed by atoms with van der Waals surface area (Å²) in [5.74, 6) is -0.311. The van der Waals surface area contributed by atoms with Crippen LogP contribution in [0.25, 0.3) is 0 Å². The standard InChI is InChI=1S/C21H28O5/c1-3-20(11-24-12-20)9-8-18(22)16-6-5-7-17(10-16)19(23)26-15-21(4-2)13-25-14-21/h5-7,10H,3-4,8-9,11-15H2,1-2H3. The topological polar surface area (TPSA) is 61.8 Å². The molecule has 3 rings (SSSR count). The normalized spacial score (nSPS) is 19.9. The van der Waals surface area contributed by atoms with Crippen molar-refractivity contribution in [2.24, 2.45) is 10.8 Å². The lowest BCUT2D eigenvalue weighted by atomic mass is 9.78. The molecule has 26 heavy (non-hydrogen) atoms. The molecule has 0 saturated carbocycles. The van der Waals surface area contributed by atoms with Gasteiger partial charge in [-0.3, -0.25) is 4.79 Å². The smallest absolute Gasteiger partial charge is 0.338 e. The number of hydrogen-bond donors (Lipinski definition) is 0. The highest BCUT2D eigenvalue weighted by Gasteiger charge is 2.38. The van der Waals surface area contributed by atoms with Gasteiger partial charge in [0.15, 0.2) is 5.78 Å². The van der Waals surface area contributed by atoms with Crippen LogP contribution < -0.4 is 0 Å². The molecular formula is C21H28O5. The second-order valence-electron chi connectivity index (χ2n) is 7.77. The fraction of sp³-hybridized carbons (Fsp3) is 0.619. The number of ether oxygens (including phenoxy) is 3. The first-order valence-electron chi connectivity index (χ1n) is 9.47. The van der Waals surface area contributed by atoms with E-state index in [1.165, 1.54) is 0 Å². The first kappa shape index (κ1) is 19.1. The van der Waals surface area contributed by atoms with Gasteiger partial charge in [-0.05, 0) is 31.4 Å². The van der Waals surface area contributed by atoms with Crippen LogP contribution in [0.4, 0.5) is 0 Å². The summed E-state index contributed by atoms with van der Waals surface area (Å²) >= 11 is 0. The van der Waals surface area contributed by atoms with Crippen molar-refractivity contribution in [3.8, 4) is 0 Å². The van der Waals surface area contributed by atoms with E-state index >= 15 is 0 Å². The lowest BCUT2D eigenvalue weighted by molar-refractivity contribution is -0.140. The lowest BCUT2D eigenvalue weighted by Crippen LogP contribution is -2.46. The van der Waals surface area contributed by atoms with Crippen molar-refractivity contribution in [3.63, 3.8) is 0 Å². The van der Waals surface area contributed by atoms with Gasteiger partial charge in [0.25, 0.3) is 0 Å². The molecule has 0 aromatic heterocycles. The second-order valence-corrected chi connectivity index (χ2v) is 7.77. The summed E-state index contributed by atoms with van der Waals surface area (Å²) in [7, 11) is 0. The monoisotopic (exact) mass is 360 g/mol. The minimum absolute atomic E-state index is 0.0393. The van der Waals surface area contributed by atoms with Gasteiger partial charge < -0.3 is 14.2 Å². The third-order valence-corrected chi connectivity index (χ3v) is 5.95. The maximum Gasteiger partial charge on any atom is 0.338 e. The molecule has 2 saturated heterocycles. The summed E-state index contributed by atoms with van der Waals surface area (Å²) in [6.07, 6.45) is 3.25. The third kappa shape index (κ3) is 3.99. The SMILES string of the molecule is CCC1(CCC(=O)c2cccc(C(=O)OCC3(CC)COC3)c2)COC1. The zero-order chi connectivity index (χ0) is 18.6. The van der Waals surface area contributed by atoms with E-state index in [4.69, 9.17) is 14.2 Å². The molecule has 0 unspecified atom stereocenters. The van der Waals surface area contributed by atoms with Crippen LogP contribution >= 0.6 is 0 Å². The van der Waals surface area contributed by atoms with Crippen LogP contribution in [0.15, 0.2) is 24.3 Å². The predicted octanol–water partition coefficient (Wildman–Crippen LogP) is 3.66. The molecule has 0 atom stereocenters. The van der Waals surface area contributed by atoms with Crippen LogP contribution in [0.3, 0.4) is 0 Å². The summed E-state index contributed by atoms with van der Waals surface area (Å²) < 4.78 is 16.0. The van der Waals surface area contributed by atoms with Crippen molar-refractivity contribution in [1.29, 1.82) is 0 Å². The molecule has 2 fully saturated rings. The number of Topliss-reactive ketones (excluding diaryl/α,β-unsaturated/α-hetero) is 1. The van der Waals surface area contributed by atoms with Crippen molar-refractivity contribution >= 4 is 11.8 Å². The Labute approximate surface area is 155 Å². The quantitative estimate of drug-likeness (QED) is 0.497. The molecule has 0 spiro atoms. The number of esters is 1. The van der Waals surface area contributed by atoms with Crippen molar-refractivity contribution in [2.45, 2.75) is 39.5 Å². The minimum atomic E-state index is -0.378. The van der Waals surface area contributed by atoms with E-state index in [0.29, 0.717) is 37.4 Å². The van der Waals surface area contributed by atoms with Gasteiger partial charge in [0, 0.05) is 17.4 Å². The molecule has 1 aromatic carbocycles. The number of carbonyl (C=O) groups excluding carboxylic acids is 2. The fourth-order valence-electron chi connectivity index (χ4n) is 3.34. The zero-order valence-corrected chi connectivity index (χ0v) is 15.7. The van der Waals surface area contributed by atoms with Crippen LogP contribution in [-0.2, 0) is 14.2 Å². The third-order valence-electron chi connectivity index (χ3n) is 5.95. The van der Waals surface area contributed by atoms with Crippen molar-refractivity contribution in [3.05, 3.63) is 35.4 Å². The molecule has 0 bridgehead atoms. The maximum absolute atomic E-state index is 12.5. The summed E-state index contributed by atoms with van der Waals surface area (Å²) in [6.45, 7) is 7.33. The number of ketones is 1. The average molecular weight is 360 g/mol. The second kappa shape index (κ2) is 7.89. The Balaban J connectivity index is 1.56. The highest BCUT2D eigenvalue weighted by atomic mass is 16.5. The van der Waals surface area contributed by atoms with E-state index < -0.39 is 0 Å². The molecule has 2 aliphatic heterocycles. The van der Waals surface area contributed by atoms with Crippen molar-refractivity contribution in [1.82, 2.24) is 0 Å². The molecule has 0 N–H and O–H groups in total. The van der Waals surface area contributed by atoms with E-state index in [1.54, 1.807) is 24.3 Å². The number of hydrogen-bond acceptors (Lipinski definition) is 5. The van der Waals surface area contributed by atoms with Gasteiger partial charge in [-0.15, -0.1) is 0 Å². The van der Waals surface area contributed by atoms with Gasteiger partial charge in [-0.25, -0.2) is 4.79 Å². The Morgan fingerprint density at radius 3 is 2.15 bits per heavy atom. The molecule has 5 nitrogen and oxygen atoms in total. The summed E-state index contributed by atoms with van der Waals surface area (Å²) in [4.78, 5) is 24.9. The molecule has 2 heterocycles. The van der Waals surface area contributed by atoms with E-state index in [9.17, 15) is 9.59 Å².